The van der Waals surface area contributed by atoms with Crippen molar-refractivity contribution in [2.24, 2.45) is 11.8 Å². The lowest BCUT2D eigenvalue weighted by atomic mass is 9.94. The summed E-state index contributed by atoms with van der Waals surface area (Å²) < 4.78 is 1.92. The second-order valence-electron chi connectivity index (χ2n) is 8.15. The van der Waals surface area contributed by atoms with Crippen LogP contribution in [0.4, 0.5) is 0 Å². The second-order valence-corrected chi connectivity index (χ2v) is 8.15. The number of rotatable bonds is 5. The molecule has 3 heterocycles. The zero-order chi connectivity index (χ0) is 21.1. The summed E-state index contributed by atoms with van der Waals surface area (Å²) in [7, 11) is 0. The topological polar surface area (TPSA) is 79.6 Å². The summed E-state index contributed by atoms with van der Waals surface area (Å²) in [4.78, 5) is 27.5. The Morgan fingerprint density at radius 1 is 1.00 bits per heavy atom. The molecule has 1 aliphatic heterocycles. The maximum atomic E-state index is 13.0. The van der Waals surface area contributed by atoms with Crippen molar-refractivity contribution in [3.63, 3.8) is 0 Å². The van der Waals surface area contributed by atoms with Gasteiger partial charge in [-0.25, -0.2) is 0 Å². The number of hydrogen-bond donors (Lipinski definition) is 1. The summed E-state index contributed by atoms with van der Waals surface area (Å²) in [5.41, 5.74) is 1.46. The summed E-state index contributed by atoms with van der Waals surface area (Å²) in [6.07, 6.45) is 3.24. The van der Waals surface area contributed by atoms with E-state index in [1.165, 1.54) is 0 Å². The van der Waals surface area contributed by atoms with E-state index in [0.29, 0.717) is 31.5 Å². The third kappa shape index (κ3) is 4.06. The van der Waals surface area contributed by atoms with Crippen LogP contribution >= 0.6 is 0 Å². The van der Waals surface area contributed by atoms with Crippen molar-refractivity contribution < 1.29 is 9.59 Å². The van der Waals surface area contributed by atoms with Crippen LogP contribution in [0.15, 0.2) is 54.7 Å². The van der Waals surface area contributed by atoms with Crippen molar-refractivity contribution >= 4 is 17.5 Å². The molecule has 0 spiro atoms. The van der Waals surface area contributed by atoms with E-state index in [9.17, 15) is 9.59 Å². The molecule has 1 N–H and O–H groups in total. The first-order valence-corrected chi connectivity index (χ1v) is 10.5. The van der Waals surface area contributed by atoms with E-state index in [1.807, 2.05) is 64.0 Å². The number of pyridine rings is 1. The Balaban J connectivity index is 1.40. The van der Waals surface area contributed by atoms with E-state index in [1.54, 1.807) is 0 Å². The third-order valence-corrected chi connectivity index (χ3v) is 5.76. The van der Waals surface area contributed by atoms with E-state index in [0.717, 1.165) is 11.5 Å². The molecule has 0 unspecified atom stereocenters. The Hall–Kier alpha value is -3.22. The van der Waals surface area contributed by atoms with Crippen LogP contribution in [0.5, 0.6) is 0 Å². The van der Waals surface area contributed by atoms with Gasteiger partial charge >= 0.3 is 0 Å². The summed E-state index contributed by atoms with van der Waals surface area (Å²) in [5.74, 6) is 0.856. The van der Waals surface area contributed by atoms with Crippen molar-refractivity contribution in [1.82, 2.24) is 24.8 Å². The molecule has 1 fully saturated rings. The number of aromatic nitrogens is 3. The van der Waals surface area contributed by atoms with E-state index in [-0.39, 0.29) is 29.7 Å². The number of likely N-dealkylation sites (tertiary alicyclic amines) is 1. The van der Waals surface area contributed by atoms with E-state index < -0.39 is 0 Å². The molecule has 1 atom stereocenters. The number of hydrogen-bond acceptors (Lipinski definition) is 4. The predicted molar refractivity (Wildman–Crippen MR) is 114 cm³/mol. The number of carbonyl (C=O) groups is 2. The Labute approximate surface area is 176 Å². The van der Waals surface area contributed by atoms with Crippen molar-refractivity contribution in [3.8, 4) is 0 Å². The molecule has 1 saturated heterocycles. The molecule has 1 aliphatic rings. The summed E-state index contributed by atoms with van der Waals surface area (Å²) in [6.45, 7) is 5.31. The maximum Gasteiger partial charge on any atom is 0.253 e. The molecule has 7 heteroatoms. The summed E-state index contributed by atoms with van der Waals surface area (Å²) in [5, 5.41) is 11.7. The van der Waals surface area contributed by atoms with Crippen LogP contribution in [0, 0.1) is 11.8 Å². The number of amides is 2. The minimum Gasteiger partial charge on any atom is -0.346 e. The van der Waals surface area contributed by atoms with Crippen LogP contribution < -0.4 is 5.32 Å². The Bertz CT molecular complexity index is 1020. The van der Waals surface area contributed by atoms with E-state index in [2.05, 4.69) is 29.4 Å². The highest BCUT2D eigenvalue weighted by Gasteiger charge is 2.31. The molecule has 30 heavy (non-hydrogen) atoms. The molecule has 0 bridgehead atoms. The molecular weight excluding hydrogens is 378 g/mol. The van der Waals surface area contributed by atoms with Crippen LogP contribution in [-0.4, -0.2) is 44.4 Å². The molecule has 0 radical (unpaired) electrons. The average molecular weight is 406 g/mol. The molecular formula is C23H27N5O2. The van der Waals surface area contributed by atoms with Crippen molar-refractivity contribution in [1.29, 1.82) is 0 Å². The first-order chi connectivity index (χ1) is 14.5. The Kier molecular flexibility index (Phi) is 5.79. The van der Waals surface area contributed by atoms with Gasteiger partial charge in [0, 0.05) is 30.8 Å². The molecule has 7 nitrogen and oxygen atoms in total. The van der Waals surface area contributed by atoms with Gasteiger partial charge in [0.05, 0.1) is 6.04 Å². The molecule has 3 aromatic rings. The lowest BCUT2D eigenvalue weighted by Gasteiger charge is -2.32. The average Bonchev–Trinajstić information content (AvgIpc) is 3.21. The number of carbonyl (C=O) groups excluding carboxylic acids is 2. The molecule has 0 aliphatic carbocycles. The van der Waals surface area contributed by atoms with Gasteiger partial charge < -0.3 is 10.2 Å². The zero-order valence-electron chi connectivity index (χ0n) is 17.4. The fraction of sp³-hybridized carbons (Fsp3) is 0.391. The van der Waals surface area contributed by atoms with Crippen LogP contribution in [0.2, 0.25) is 0 Å². The molecule has 2 aromatic heterocycles. The first kappa shape index (κ1) is 20.1. The fourth-order valence-electron chi connectivity index (χ4n) is 3.98. The summed E-state index contributed by atoms with van der Waals surface area (Å²) >= 11 is 0. The standard InChI is InChI=1S/C23H27N5O2/c1-16(2)20(21-26-25-19-10-6-7-13-28(19)21)24-22(29)17-11-14-27(15-12-17)23(30)18-8-4-3-5-9-18/h3-10,13,16-17,20H,11-12,14-15H2,1-2H3,(H,24,29)/t20-/m0/s1. The minimum absolute atomic E-state index is 0.0215. The fourth-order valence-corrected chi connectivity index (χ4v) is 3.98. The highest BCUT2D eigenvalue weighted by Crippen LogP contribution is 2.24. The molecule has 0 saturated carbocycles. The lowest BCUT2D eigenvalue weighted by molar-refractivity contribution is -0.127. The van der Waals surface area contributed by atoms with Gasteiger partial charge in [0.25, 0.3) is 5.91 Å². The van der Waals surface area contributed by atoms with Crippen LogP contribution in [0.1, 0.15) is 48.9 Å². The normalized spacial score (nSPS) is 16.0. The van der Waals surface area contributed by atoms with Crippen LogP contribution in [0.3, 0.4) is 0 Å². The zero-order valence-corrected chi connectivity index (χ0v) is 17.4. The predicted octanol–water partition coefficient (Wildman–Crippen LogP) is 3.10. The van der Waals surface area contributed by atoms with E-state index >= 15 is 0 Å². The van der Waals surface area contributed by atoms with Crippen LogP contribution in [0.25, 0.3) is 5.65 Å². The minimum atomic E-state index is -0.223. The van der Waals surface area contributed by atoms with Gasteiger partial charge in [-0.3, -0.25) is 14.0 Å². The van der Waals surface area contributed by atoms with Gasteiger partial charge in [-0.1, -0.05) is 38.1 Å². The Morgan fingerprint density at radius 3 is 2.40 bits per heavy atom. The lowest BCUT2D eigenvalue weighted by Crippen LogP contribution is -2.44. The molecule has 4 rings (SSSR count). The van der Waals surface area contributed by atoms with Gasteiger partial charge in [0.15, 0.2) is 11.5 Å². The molecule has 1 aromatic carbocycles. The summed E-state index contributed by atoms with van der Waals surface area (Å²) in [6, 6.07) is 14.8. The highest BCUT2D eigenvalue weighted by molar-refractivity contribution is 5.94. The van der Waals surface area contributed by atoms with Gasteiger partial charge in [-0.2, -0.15) is 0 Å². The number of fused-ring (bicyclic) bond motifs is 1. The van der Waals surface area contributed by atoms with Crippen LogP contribution in [-0.2, 0) is 4.79 Å². The molecule has 156 valence electrons. The smallest absolute Gasteiger partial charge is 0.253 e. The highest BCUT2D eigenvalue weighted by atomic mass is 16.2. The largest absolute Gasteiger partial charge is 0.346 e. The third-order valence-electron chi connectivity index (χ3n) is 5.76. The SMILES string of the molecule is CC(C)[C@H](NC(=O)C1CCN(C(=O)c2ccccc2)CC1)c1nnc2ccccn12. The van der Waals surface area contributed by atoms with Gasteiger partial charge in [-0.15, -0.1) is 10.2 Å². The maximum absolute atomic E-state index is 13.0. The van der Waals surface area contributed by atoms with Crippen molar-refractivity contribution in [2.75, 3.05) is 13.1 Å². The number of nitrogens with one attached hydrogen (secondary N) is 1. The first-order valence-electron chi connectivity index (χ1n) is 10.5. The Morgan fingerprint density at radius 2 is 1.70 bits per heavy atom. The molecule has 2 amide bonds. The quantitative estimate of drug-likeness (QED) is 0.707. The number of piperidine rings is 1. The number of benzene rings is 1. The van der Waals surface area contributed by atoms with Crippen molar-refractivity contribution in [2.45, 2.75) is 32.7 Å². The monoisotopic (exact) mass is 405 g/mol. The van der Waals surface area contributed by atoms with Gasteiger partial charge in [-0.05, 0) is 43.0 Å². The number of nitrogens with zero attached hydrogens (tertiary/aromatic N) is 4. The van der Waals surface area contributed by atoms with E-state index in [4.69, 9.17) is 0 Å². The van der Waals surface area contributed by atoms with Gasteiger partial charge in [0.1, 0.15) is 0 Å². The van der Waals surface area contributed by atoms with Gasteiger partial charge in [0.2, 0.25) is 5.91 Å². The van der Waals surface area contributed by atoms with Crippen molar-refractivity contribution in [3.05, 3.63) is 66.1 Å². The second kappa shape index (κ2) is 8.65.